The van der Waals surface area contributed by atoms with Gasteiger partial charge in [0.05, 0.1) is 0 Å². The van der Waals surface area contributed by atoms with Crippen LogP contribution < -0.4 is 0 Å². The van der Waals surface area contributed by atoms with Gasteiger partial charge in [-0.3, -0.25) is 0 Å². The Morgan fingerprint density at radius 3 is 2.40 bits per heavy atom. The molecule has 1 atom stereocenters. The second-order valence-corrected chi connectivity index (χ2v) is 1.70. The molecule has 1 rings (SSSR count). The van der Waals surface area contributed by atoms with E-state index in [1.165, 1.54) is 5.73 Å². The van der Waals surface area contributed by atoms with E-state index in [0.29, 0.717) is 0 Å². The van der Waals surface area contributed by atoms with Crippen molar-refractivity contribution in [1.29, 1.82) is 0 Å². The van der Waals surface area contributed by atoms with Gasteiger partial charge in [0.1, 0.15) is 0 Å². The van der Waals surface area contributed by atoms with Gasteiger partial charge in [0.15, 0.2) is 17.8 Å². The molecular formula is C6H2F4. The Labute approximate surface area is 54.2 Å². The highest BCUT2D eigenvalue weighted by Gasteiger charge is 2.18. The van der Waals surface area contributed by atoms with Gasteiger partial charge in [0.25, 0.3) is 0 Å². The van der Waals surface area contributed by atoms with Gasteiger partial charge in [0, 0.05) is 0 Å². The highest BCUT2D eigenvalue weighted by molar-refractivity contribution is 5.28. The van der Waals surface area contributed by atoms with Crippen molar-refractivity contribution >= 4 is 0 Å². The summed E-state index contributed by atoms with van der Waals surface area (Å²) in [6.07, 6.45) is -1.99. The van der Waals surface area contributed by atoms with Crippen molar-refractivity contribution in [3.8, 4) is 0 Å². The third-order valence-corrected chi connectivity index (χ3v) is 0.974. The molecule has 0 N–H and O–H groups in total. The van der Waals surface area contributed by atoms with Crippen LogP contribution in [0.25, 0.3) is 0 Å². The summed E-state index contributed by atoms with van der Waals surface area (Å²) in [5.41, 5.74) is 1.26. The van der Waals surface area contributed by atoms with Crippen LogP contribution in [0.15, 0.2) is 29.3 Å². The van der Waals surface area contributed by atoms with Crippen molar-refractivity contribution in [3.63, 3.8) is 0 Å². The van der Waals surface area contributed by atoms with Crippen LogP contribution in [-0.2, 0) is 0 Å². The first-order valence-electron chi connectivity index (χ1n) is 2.45. The van der Waals surface area contributed by atoms with Crippen molar-refractivity contribution in [3.05, 3.63) is 29.3 Å². The Morgan fingerprint density at radius 2 is 1.90 bits per heavy atom. The van der Waals surface area contributed by atoms with Gasteiger partial charge in [-0.25, -0.2) is 8.78 Å². The fraction of sp³-hybridized carbons (Fsp3) is 0.167. The van der Waals surface area contributed by atoms with Crippen molar-refractivity contribution in [1.82, 2.24) is 0 Å². The molecule has 1 unspecified atom stereocenters. The molecule has 1 aliphatic carbocycles. The van der Waals surface area contributed by atoms with Crippen LogP contribution in [0.5, 0.6) is 0 Å². The van der Waals surface area contributed by atoms with Gasteiger partial charge in [-0.2, -0.15) is 8.78 Å². The lowest BCUT2D eigenvalue weighted by Crippen LogP contribution is -1.99. The van der Waals surface area contributed by atoms with Gasteiger partial charge < -0.3 is 0 Å². The third kappa shape index (κ3) is 1.11. The molecule has 0 amide bonds. The zero-order valence-electron chi connectivity index (χ0n) is 4.67. The topological polar surface area (TPSA) is 0 Å². The molecule has 0 spiro atoms. The maximum Gasteiger partial charge on any atom is 0.203 e. The number of halogens is 4. The number of alkyl halides is 1. The highest BCUT2D eigenvalue weighted by atomic mass is 19.2. The standard InChI is InChI=1S/C6H2F4/c7-3-1-4(8)6(10)2-5(3)9/h1,3H. The maximum absolute atomic E-state index is 12.0. The molecule has 0 radical (unpaired) electrons. The predicted octanol–water partition coefficient (Wildman–Crippen LogP) is 2.50. The number of hydrogen-bond donors (Lipinski definition) is 0. The summed E-state index contributed by atoms with van der Waals surface area (Å²) in [5, 5.41) is 0. The summed E-state index contributed by atoms with van der Waals surface area (Å²) in [6.45, 7) is 0. The van der Waals surface area contributed by atoms with Crippen molar-refractivity contribution < 1.29 is 17.6 Å². The van der Waals surface area contributed by atoms with Crippen LogP contribution in [-0.4, -0.2) is 6.17 Å². The van der Waals surface area contributed by atoms with E-state index in [1.54, 1.807) is 0 Å². The Kier molecular flexibility index (Phi) is 1.64. The number of hydrogen-bond acceptors (Lipinski definition) is 0. The zero-order chi connectivity index (χ0) is 7.72. The number of rotatable bonds is 0. The van der Waals surface area contributed by atoms with Crippen LogP contribution >= 0.6 is 0 Å². The molecule has 4 heteroatoms. The minimum absolute atomic E-state index is 0.209. The van der Waals surface area contributed by atoms with Gasteiger partial charge in [-0.05, 0) is 11.8 Å². The molecule has 54 valence electrons. The van der Waals surface area contributed by atoms with Gasteiger partial charge in [-0.15, -0.1) is 0 Å². The van der Waals surface area contributed by atoms with E-state index in [4.69, 9.17) is 0 Å². The van der Waals surface area contributed by atoms with E-state index < -0.39 is 23.7 Å². The van der Waals surface area contributed by atoms with E-state index in [0.717, 1.165) is 0 Å². The summed E-state index contributed by atoms with van der Waals surface area (Å²) < 4.78 is 47.9. The summed E-state index contributed by atoms with van der Waals surface area (Å²) in [4.78, 5) is 0. The van der Waals surface area contributed by atoms with Crippen molar-refractivity contribution in [2.75, 3.05) is 0 Å². The van der Waals surface area contributed by atoms with Crippen molar-refractivity contribution in [2.24, 2.45) is 0 Å². The van der Waals surface area contributed by atoms with E-state index in [1.807, 2.05) is 0 Å². The minimum Gasteiger partial charge on any atom is -0.234 e. The van der Waals surface area contributed by atoms with Gasteiger partial charge in [0.2, 0.25) is 5.83 Å². The Morgan fingerprint density at radius 1 is 1.30 bits per heavy atom. The van der Waals surface area contributed by atoms with Crippen LogP contribution in [0.1, 0.15) is 0 Å². The molecule has 0 heterocycles. The first-order valence-corrected chi connectivity index (χ1v) is 2.45. The molecule has 0 bridgehead atoms. The molecule has 0 saturated heterocycles. The molecule has 0 saturated carbocycles. The van der Waals surface area contributed by atoms with Crippen LogP contribution in [0.4, 0.5) is 17.6 Å². The lowest BCUT2D eigenvalue weighted by atomic mass is 10.2. The monoisotopic (exact) mass is 150 g/mol. The maximum atomic E-state index is 12.0. The quantitative estimate of drug-likeness (QED) is 0.367. The summed E-state index contributed by atoms with van der Waals surface area (Å²) >= 11 is 0. The fourth-order valence-corrected chi connectivity index (χ4v) is 0.508. The Hall–Kier alpha value is -1.02. The third-order valence-electron chi connectivity index (χ3n) is 0.974. The normalized spacial score (nSPS) is 25.2. The van der Waals surface area contributed by atoms with Gasteiger partial charge in [-0.1, -0.05) is 0 Å². The molecule has 10 heavy (non-hydrogen) atoms. The zero-order valence-corrected chi connectivity index (χ0v) is 4.67. The van der Waals surface area contributed by atoms with Crippen molar-refractivity contribution in [2.45, 2.75) is 6.17 Å². The molecule has 1 aliphatic rings. The second-order valence-electron chi connectivity index (χ2n) is 1.70. The summed E-state index contributed by atoms with van der Waals surface area (Å²) in [5.74, 6) is -4.33. The average Bonchev–Trinajstić information content (AvgIpc) is 1.84. The minimum atomic E-state index is -2.19. The Balaban J connectivity index is 3.12. The average molecular weight is 150 g/mol. The Bertz CT molecular complexity index is 244. The molecule has 0 fully saturated rings. The van der Waals surface area contributed by atoms with E-state index in [2.05, 4.69) is 0 Å². The van der Waals surface area contributed by atoms with Gasteiger partial charge >= 0.3 is 0 Å². The van der Waals surface area contributed by atoms with Crippen LogP contribution in [0.2, 0.25) is 0 Å². The molecule has 0 aromatic carbocycles. The SMILES string of the molecule is FC1=C=C(F)C(F)C=C1F. The number of allylic oxidation sites excluding steroid dienone is 3. The largest absolute Gasteiger partial charge is 0.234 e. The first-order chi connectivity index (χ1) is 4.61. The van der Waals surface area contributed by atoms with E-state index >= 15 is 0 Å². The lowest BCUT2D eigenvalue weighted by molar-refractivity contribution is 0.368. The summed E-state index contributed by atoms with van der Waals surface area (Å²) in [7, 11) is 0. The molecule has 0 aliphatic heterocycles. The molecule has 0 aromatic rings. The lowest BCUT2D eigenvalue weighted by Gasteiger charge is -2.01. The predicted molar refractivity (Wildman–Crippen MR) is 26.8 cm³/mol. The van der Waals surface area contributed by atoms with Crippen LogP contribution in [0, 0.1) is 0 Å². The van der Waals surface area contributed by atoms with E-state index in [9.17, 15) is 17.6 Å². The molecule has 0 aromatic heterocycles. The smallest absolute Gasteiger partial charge is 0.203 e. The second kappa shape index (κ2) is 2.31. The highest BCUT2D eigenvalue weighted by Crippen LogP contribution is 2.22. The van der Waals surface area contributed by atoms with E-state index in [-0.39, 0.29) is 6.08 Å². The first kappa shape index (κ1) is 7.09. The fourth-order valence-electron chi connectivity index (χ4n) is 0.508. The molecular weight excluding hydrogens is 148 g/mol. The molecule has 0 nitrogen and oxygen atoms in total. The summed E-state index contributed by atoms with van der Waals surface area (Å²) in [6, 6.07) is 0. The van der Waals surface area contributed by atoms with Crippen LogP contribution in [0.3, 0.4) is 0 Å².